The molecule has 1 aromatic rings. The Morgan fingerprint density at radius 1 is 1.30 bits per heavy atom. The number of carbonyl (C=O) groups is 1. The van der Waals surface area contributed by atoms with E-state index in [0.717, 1.165) is 0 Å². The molecule has 110 valence electrons. The van der Waals surface area contributed by atoms with Gasteiger partial charge in [0.25, 0.3) is 0 Å². The fourth-order valence-corrected chi connectivity index (χ4v) is 2.26. The molecule has 1 aliphatic heterocycles. The number of Topliss-reactive ketones (excluding diaryl/α,β-unsaturated/α-hetero) is 1. The van der Waals surface area contributed by atoms with E-state index in [-0.39, 0.29) is 29.5 Å². The molecular weight excluding hydrogens is 275 g/mol. The summed E-state index contributed by atoms with van der Waals surface area (Å²) in [4.78, 5) is 12.9. The average Bonchev–Trinajstić information content (AvgIpc) is 2.72. The number of benzene rings is 1. The van der Waals surface area contributed by atoms with Gasteiger partial charge in [0, 0.05) is 19.0 Å². The number of ketones is 1. The van der Waals surface area contributed by atoms with E-state index in [1.54, 1.807) is 17.9 Å². The van der Waals surface area contributed by atoms with Crippen molar-refractivity contribution >= 4 is 11.5 Å². The van der Waals surface area contributed by atoms with Gasteiger partial charge in [0.1, 0.15) is 5.75 Å². The van der Waals surface area contributed by atoms with E-state index >= 15 is 0 Å². The monoisotopic (exact) mass is 289 g/mol. The third-order valence-electron chi connectivity index (χ3n) is 3.04. The average molecular weight is 289 g/mol. The number of hydrogen-bond acceptors (Lipinski definition) is 4. The number of nitrogens with zero attached hydrogens (tertiary/aromatic N) is 1. The number of carbonyl (C=O) groups excluding carboxylic acids is 1. The minimum absolute atomic E-state index is 0.00169. The van der Waals surface area contributed by atoms with Crippen LogP contribution < -0.4 is 14.4 Å². The smallest absolute Gasteiger partial charge is 0.497 e. The lowest BCUT2D eigenvalue weighted by molar-refractivity contribution is -0.274. The van der Waals surface area contributed by atoms with E-state index in [2.05, 4.69) is 4.74 Å². The fourth-order valence-electron chi connectivity index (χ4n) is 2.26. The number of halogens is 3. The van der Waals surface area contributed by atoms with E-state index < -0.39 is 6.36 Å². The van der Waals surface area contributed by atoms with Crippen molar-refractivity contribution < 1.29 is 27.4 Å². The van der Waals surface area contributed by atoms with Crippen LogP contribution in [0.5, 0.6) is 11.5 Å². The largest absolute Gasteiger partial charge is 0.573 e. The Morgan fingerprint density at radius 3 is 2.50 bits per heavy atom. The topological polar surface area (TPSA) is 38.8 Å². The molecule has 0 amide bonds. The highest BCUT2D eigenvalue weighted by atomic mass is 19.4. The van der Waals surface area contributed by atoms with Crippen LogP contribution in [0, 0.1) is 6.92 Å². The van der Waals surface area contributed by atoms with Crippen molar-refractivity contribution in [2.45, 2.75) is 19.7 Å². The minimum atomic E-state index is -4.79. The molecule has 0 unspecified atom stereocenters. The third kappa shape index (κ3) is 3.15. The predicted molar refractivity (Wildman–Crippen MR) is 66.3 cm³/mol. The van der Waals surface area contributed by atoms with Crippen LogP contribution in [-0.4, -0.2) is 32.3 Å². The first-order valence-electron chi connectivity index (χ1n) is 6.01. The first-order chi connectivity index (χ1) is 9.30. The lowest BCUT2D eigenvalue weighted by Crippen LogP contribution is -2.24. The maximum Gasteiger partial charge on any atom is 0.573 e. The molecule has 7 heteroatoms. The summed E-state index contributed by atoms with van der Waals surface area (Å²) in [7, 11) is 1.37. The standard InChI is InChI=1S/C13H14F3NO3/c1-8-5-10(19-2)6-11(20-13(14,15)16)12(8)17-4-3-9(18)7-17/h5-6H,3-4,7H2,1-2H3. The lowest BCUT2D eigenvalue weighted by atomic mass is 10.1. The van der Waals surface area contributed by atoms with Gasteiger partial charge in [-0.1, -0.05) is 0 Å². The molecule has 0 aromatic heterocycles. The summed E-state index contributed by atoms with van der Waals surface area (Å²) in [5, 5.41) is 0. The molecule has 0 radical (unpaired) electrons. The van der Waals surface area contributed by atoms with Gasteiger partial charge in [-0.15, -0.1) is 13.2 Å². The molecule has 1 heterocycles. The Morgan fingerprint density at radius 2 is 2.00 bits per heavy atom. The number of anilines is 1. The fraction of sp³-hybridized carbons (Fsp3) is 0.462. The highest BCUT2D eigenvalue weighted by Crippen LogP contribution is 2.39. The van der Waals surface area contributed by atoms with Crippen molar-refractivity contribution in [2.24, 2.45) is 0 Å². The van der Waals surface area contributed by atoms with Gasteiger partial charge in [-0.2, -0.15) is 0 Å². The lowest BCUT2D eigenvalue weighted by Gasteiger charge is -2.24. The van der Waals surface area contributed by atoms with E-state index in [1.165, 1.54) is 13.2 Å². The van der Waals surface area contributed by atoms with Crippen molar-refractivity contribution in [1.82, 2.24) is 0 Å². The number of alkyl halides is 3. The molecule has 1 aromatic carbocycles. The van der Waals surface area contributed by atoms with Crippen LogP contribution in [0.15, 0.2) is 12.1 Å². The van der Waals surface area contributed by atoms with Crippen LogP contribution in [0.4, 0.5) is 18.9 Å². The van der Waals surface area contributed by atoms with E-state index in [1.807, 2.05) is 0 Å². The molecule has 0 atom stereocenters. The molecular formula is C13H14F3NO3. The summed E-state index contributed by atoms with van der Waals surface area (Å²) in [6.07, 6.45) is -4.46. The van der Waals surface area contributed by atoms with Crippen molar-refractivity contribution in [1.29, 1.82) is 0 Å². The van der Waals surface area contributed by atoms with Crippen LogP contribution in [0.1, 0.15) is 12.0 Å². The Labute approximate surface area is 114 Å². The first kappa shape index (κ1) is 14.5. The summed E-state index contributed by atoms with van der Waals surface area (Å²) < 4.78 is 46.5. The first-order valence-corrected chi connectivity index (χ1v) is 6.01. The Bertz CT molecular complexity index is 528. The van der Waals surface area contributed by atoms with Gasteiger partial charge in [0.2, 0.25) is 0 Å². The highest BCUT2D eigenvalue weighted by Gasteiger charge is 2.34. The molecule has 20 heavy (non-hydrogen) atoms. The van der Waals surface area contributed by atoms with Crippen LogP contribution in [0.3, 0.4) is 0 Å². The molecule has 0 bridgehead atoms. The van der Waals surface area contributed by atoms with Gasteiger partial charge < -0.3 is 14.4 Å². The summed E-state index contributed by atoms with van der Waals surface area (Å²) in [6, 6.07) is 2.79. The summed E-state index contributed by atoms with van der Waals surface area (Å²) in [5.74, 6) is -0.0711. The maximum absolute atomic E-state index is 12.5. The van der Waals surface area contributed by atoms with Gasteiger partial charge in [0.15, 0.2) is 11.5 Å². The number of ether oxygens (including phenoxy) is 2. The normalized spacial score (nSPS) is 15.7. The second-order valence-electron chi connectivity index (χ2n) is 4.55. The third-order valence-corrected chi connectivity index (χ3v) is 3.04. The summed E-state index contributed by atoms with van der Waals surface area (Å²) in [5.41, 5.74) is 0.854. The molecule has 1 fully saturated rings. The van der Waals surface area contributed by atoms with Gasteiger partial charge in [-0.25, -0.2) is 0 Å². The summed E-state index contributed by atoms with van der Waals surface area (Å²) >= 11 is 0. The van der Waals surface area contributed by atoms with Gasteiger partial charge in [-0.3, -0.25) is 4.79 Å². The molecule has 2 rings (SSSR count). The SMILES string of the molecule is COc1cc(C)c(N2CCC(=O)C2)c(OC(F)(F)F)c1. The molecule has 0 spiro atoms. The van der Waals surface area contributed by atoms with Crippen LogP contribution in [-0.2, 0) is 4.79 Å². The number of aryl methyl sites for hydroxylation is 1. The quantitative estimate of drug-likeness (QED) is 0.857. The van der Waals surface area contributed by atoms with Gasteiger partial charge in [0.05, 0.1) is 19.3 Å². The van der Waals surface area contributed by atoms with Gasteiger partial charge in [-0.05, 0) is 18.6 Å². The van der Waals surface area contributed by atoms with Crippen LogP contribution in [0.25, 0.3) is 0 Å². The second-order valence-corrected chi connectivity index (χ2v) is 4.55. The van der Waals surface area contributed by atoms with E-state index in [0.29, 0.717) is 18.5 Å². The number of methoxy groups -OCH3 is 1. The molecule has 0 N–H and O–H groups in total. The van der Waals surface area contributed by atoms with Crippen LogP contribution in [0.2, 0.25) is 0 Å². The zero-order valence-electron chi connectivity index (χ0n) is 11.1. The van der Waals surface area contributed by atoms with E-state index in [4.69, 9.17) is 4.74 Å². The number of hydrogen-bond donors (Lipinski definition) is 0. The Hall–Kier alpha value is -1.92. The van der Waals surface area contributed by atoms with Crippen molar-refractivity contribution in [3.05, 3.63) is 17.7 Å². The Kier molecular flexibility index (Phi) is 3.78. The van der Waals surface area contributed by atoms with Crippen molar-refractivity contribution in [2.75, 3.05) is 25.1 Å². The molecule has 4 nitrogen and oxygen atoms in total. The highest BCUT2D eigenvalue weighted by molar-refractivity contribution is 5.88. The number of rotatable bonds is 3. The van der Waals surface area contributed by atoms with Crippen molar-refractivity contribution in [3.63, 3.8) is 0 Å². The van der Waals surface area contributed by atoms with Gasteiger partial charge >= 0.3 is 6.36 Å². The zero-order chi connectivity index (χ0) is 14.9. The second kappa shape index (κ2) is 5.22. The molecule has 0 saturated carbocycles. The maximum atomic E-state index is 12.5. The van der Waals surface area contributed by atoms with E-state index in [9.17, 15) is 18.0 Å². The summed E-state index contributed by atoms with van der Waals surface area (Å²) in [6.45, 7) is 2.14. The zero-order valence-corrected chi connectivity index (χ0v) is 11.1. The molecule has 0 aliphatic carbocycles. The Balaban J connectivity index is 2.44. The van der Waals surface area contributed by atoms with Crippen molar-refractivity contribution in [3.8, 4) is 11.5 Å². The molecule has 1 aliphatic rings. The minimum Gasteiger partial charge on any atom is -0.497 e. The predicted octanol–water partition coefficient (Wildman–Crippen LogP) is 2.68. The van der Waals surface area contributed by atoms with Crippen LogP contribution >= 0.6 is 0 Å². The molecule has 1 saturated heterocycles.